The lowest BCUT2D eigenvalue weighted by Gasteiger charge is -2.09. The van der Waals surface area contributed by atoms with Gasteiger partial charge in [-0.05, 0) is 29.8 Å². The molecule has 0 unspecified atom stereocenters. The predicted molar refractivity (Wildman–Crippen MR) is 88.7 cm³/mol. The molecule has 116 valence electrons. The lowest BCUT2D eigenvalue weighted by Crippen LogP contribution is -2.28. The Labute approximate surface area is 138 Å². The molecular formula is C16H14ClN5O. The first-order chi connectivity index (χ1) is 11.2. The summed E-state index contributed by atoms with van der Waals surface area (Å²) in [5.41, 5.74) is 2.47. The fraction of sp³-hybridized carbons (Fsp3) is 0.0625. The molecule has 3 aromatic rings. The zero-order valence-electron chi connectivity index (χ0n) is 12.1. The van der Waals surface area contributed by atoms with Gasteiger partial charge in [0, 0.05) is 30.8 Å². The number of benzene rings is 1. The van der Waals surface area contributed by atoms with Crippen LogP contribution in [0.5, 0.6) is 0 Å². The number of amides is 2. The van der Waals surface area contributed by atoms with Gasteiger partial charge in [0.1, 0.15) is 0 Å². The molecule has 0 spiro atoms. The summed E-state index contributed by atoms with van der Waals surface area (Å²) in [6.07, 6.45) is 6.90. The van der Waals surface area contributed by atoms with Gasteiger partial charge in [-0.3, -0.25) is 0 Å². The average molecular weight is 328 g/mol. The largest absolute Gasteiger partial charge is 0.334 e. The van der Waals surface area contributed by atoms with Crippen molar-refractivity contribution >= 4 is 23.3 Å². The number of hydrogen-bond acceptors (Lipinski definition) is 3. The first kappa shape index (κ1) is 15.1. The van der Waals surface area contributed by atoms with Crippen LogP contribution in [0.4, 0.5) is 10.5 Å². The second-order valence-electron chi connectivity index (χ2n) is 4.79. The number of carbonyl (C=O) groups is 1. The number of pyridine rings is 1. The van der Waals surface area contributed by atoms with E-state index in [0.29, 0.717) is 12.2 Å². The fourth-order valence-electron chi connectivity index (χ4n) is 2.03. The monoisotopic (exact) mass is 327 g/mol. The Morgan fingerprint density at radius 3 is 2.70 bits per heavy atom. The first-order valence-corrected chi connectivity index (χ1v) is 7.33. The number of halogens is 1. The van der Waals surface area contributed by atoms with Gasteiger partial charge in [-0.15, -0.1) is 0 Å². The van der Waals surface area contributed by atoms with E-state index in [-0.39, 0.29) is 11.2 Å². The van der Waals surface area contributed by atoms with Gasteiger partial charge in [-0.2, -0.15) is 0 Å². The van der Waals surface area contributed by atoms with Gasteiger partial charge in [0.05, 0.1) is 12.0 Å². The molecule has 2 N–H and O–H groups in total. The molecule has 2 amide bonds. The summed E-state index contributed by atoms with van der Waals surface area (Å²) in [5, 5.41) is 5.69. The summed E-state index contributed by atoms with van der Waals surface area (Å²) in [4.78, 5) is 19.8. The van der Waals surface area contributed by atoms with Crippen LogP contribution in [0.15, 0.2) is 61.3 Å². The standard InChI is InChI=1S/C16H14ClN5O/c17-15-14(2-1-7-19-15)21-16(23)20-10-12-3-5-13(6-4-12)22-9-8-18-11-22/h1-9,11H,10H2,(H2,20,21,23). The molecule has 0 saturated heterocycles. The van der Waals surface area contributed by atoms with Crippen molar-refractivity contribution in [2.45, 2.75) is 6.54 Å². The van der Waals surface area contributed by atoms with E-state index in [2.05, 4.69) is 20.6 Å². The number of anilines is 1. The maximum Gasteiger partial charge on any atom is 0.319 e. The maximum atomic E-state index is 11.9. The molecule has 7 heteroatoms. The molecule has 0 atom stereocenters. The molecule has 3 rings (SSSR count). The molecule has 2 heterocycles. The summed E-state index contributed by atoms with van der Waals surface area (Å²) in [6.45, 7) is 0.411. The van der Waals surface area contributed by atoms with Crippen molar-refractivity contribution in [1.82, 2.24) is 19.9 Å². The van der Waals surface area contributed by atoms with E-state index in [9.17, 15) is 4.79 Å². The minimum absolute atomic E-state index is 0.257. The number of hydrogen-bond donors (Lipinski definition) is 2. The third kappa shape index (κ3) is 3.87. The fourth-order valence-corrected chi connectivity index (χ4v) is 2.19. The molecular weight excluding hydrogens is 314 g/mol. The van der Waals surface area contributed by atoms with E-state index in [1.807, 2.05) is 35.0 Å². The first-order valence-electron chi connectivity index (χ1n) is 6.95. The van der Waals surface area contributed by atoms with Gasteiger partial charge in [-0.1, -0.05) is 23.7 Å². The van der Waals surface area contributed by atoms with Crippen LogP contribution in [0.1, 0.15) is 5.56 Å². The lowest BCUT2D eigenvalue weighted by molar-refractivity contribution is 0.251. The molecule has 2 aromatic heterocycles. The molecule has 0 radical (unpaired) electrons. The quantitative estimate of drug-likeness (QED) is 0.723. The van der Waals surface area contributed by atoms with Gasteiger partial charge in [0.2, 0.25) is 0 Å². The molecule has 0 saturated carbocycles. The van der Waals surface area contributed by atoms with Crippen molar-refractivity contribution < 1.29 is 4.79 Å². The Balaban J connectivity index is 1.56. The molecule has 6 nitrogen and oxygen atoms in total. The minimum atomic E-state index is -0.335. The molecule has 0 aliphatic carbocycles. The summed E-state index contributed by atoms with van der Waals surface area (Å²) >= 11 is 5.89. The third-order valence-electron chi connectivity index (χ3n) is 3.20. The second kappa shape index (κ2) is 6.93. The van der Waals surface area contributed by atoms with Crippen molar-refractivity contribution in [3.05, 3.63) is 72.0 Å². The summed E-state index contributed by atoms with van der Waals surface area (Å²) in [6, 6.07) is 10.9. The van der Waals surface area contributed by atoms with Crippen LogP contribution in [-0.2, 0) is 6.54 Å². The number of nitrogens with one attached hydrogen (secondary N) is 2. The van der Waals surface area contributed by atoms with Crippen molar-refractivity contribution in [1.29, 1.82) is 0 Å². The van der Waals surface area contributed by atoms with Crippen molar-refractivity contribution in [3.8, 4) is 5.69 Å². The Morgan fingerprint density at radius 1 is 1.17 bits per heavy atom. The Hall–Kier alpha value is -2.86. The van der Waals surface area contributed by atoms with E-state index in [1.54, 1.807) is 30.9 Å². The van der Waals surface area contributed by atoms with Crippen LogP contribution < -0.4 is 10.6 Å². The smallest absolute Gasteiger partial charge is 0.319 e. The van der Waals surface area contributed by atoms with Gasteiger partial charge in [-0.25, -0.2) is 14.8 Å². The average Bonchev–Trinajstić information content (AvgIpc) is 3.10. The molecule has 0 fully saturated rings. The Bertz CT molecular complexity index is 786. The number of imidazole rings is 1. The van der Waals surface area contributed by atoms with E-state index < -0.39 is 0 Å². The Morgan fingerprint density at radius 2 is 2.00 bits per heavy atom. The topological polar surface area (TPSA) is 71.8 Å². The van der Waals surface area contributed by atoms with Crippen LogP contribution in [0.25, 0.3) is 5.69 Å². The van der Waals surface area contributed by atoms with Gasteiger partial charge in [0.25, 0.3) is 0 Å². The SMILES string of the molecule is O=C(NCc1ccc(-n2ccnc2)cc1)Nc1cccnc1Cl. The summed E-state index contributed by atoms with van der Waals surface area (Å²) in [7, 11) is 0. The van der Waals surface area contributed by atoms with E-state index in [0.717, 1.165) is 11.3 Å². The highest BCUT2D eigenvalue weighted by Crippen LogP contribution is 2.17. The third-order valence-corrected chi connectivity index (χ3v) is 3.50. The van der Waals surface area contributed by atoms with Crippen molar-refractivity contribution in [3.63, 3.8) is 0 Å². The van der Waals surface area contributed by atoms with Crippen LogP contribution in [0.2, 0.25) is 5.15 Å². The number of nitrogens with zero attached hydrogens (tertiary/aromatic N) is 3. The second-order valence-corrected chi connectivity index (χ2v) is 5.14. The van der Waals surface area contributed by atoms with Gasteiger partial charge >= 0.3 is 6.03 Å². The van der Waals surface area contributed by atoms with E-state index >= 15 is 0 Å². The highest BCUT2D eigenvalue weighted by atomic mass is 35.5. The van der Waals surface area contributed by atoms with Crippen molar-refractivity contribution in [2.24, 2.45) is 0 Å². The number of urea groups is 1. The number of aromatic nitrogens is 3. The zero-order chi connectivity index (χ0) is 16.1. The zero-order valence-corrected chi connectivity index (χ0v) is 12.9. The van der Waals surface area contributed by atoms with E-state index in [4.69, 9.17) is 11.6 Å². The van der Waals surface area contributed by atoms with Gasteiger partial charge in [0.15, 0.2) is 5.15 Å². The molecule has 0 bridgehead atoms. The van der Waals surface area contributed by atoms with Gasteiger partial charge < -0.3 is 15.2 Å². The normalized spacial score (nSPS) is 10.3. The number of carbonyl (C=O) groups excluding carboxylic acids is 1. The van der Waals surface area contributed by atoms with Crippen LogP contribution in [-0.4, -0.2) is 20.6 Å². The molecule has 0 aliphatic rings. The molecule has 1 aromatic carbocycles. The highest BCUT2D eigenvalue weighted by Gasteiger charge is 2.05. The van der Waals surface area contributed by atoms with Crippen LogP contribution >= 0.6 is 11.6 Å². The Kier molecular flexibility index (Phi) is 4.54. The maximum absolute atomic E-state index is 11.9. The highest BCUT2D eigenvalue weighted by molar-refractivity contribution is 6.32. The molecule has 0 aliphatic heterocycles. The van der Waals surface area contributed by atoms with Crippen LogP contribution in [0.3, 0.4) is 0 Å². The van der Waals surface area contributed by atoms with E-state index in [1.165, 1.54) is 0 Å². The minimum Gasteiger partial charge on any atom is -0.334 e. The summed E-state index contributed by atoms with van der Waals surface area (Å²) < 4.78 is 1.91. The molecule has 23 heavy (non-hydrogen) atoms. The van der Waals surface area contributed by atoms with Crippen LogP contribution in [0, 0.1) is 0 Å². The lowest BCUT2D eigenvalue weighted by atomic mass is 10.2. The number of rotatable bonds is 4. The van der Waals surface area contributed by atoms with Crippen molar-refractivity contribution in [2.75, 3.05) is 5.32 Å². The predicted octanol–water partition coefficient (Wildman–Crippen LogP) is 3.24. The summed E-state index contributed by atoms with van der Waals surface area (Å²) in [5.74, 6) is 0.